The first kappa shape index (κ1) is 22.0. The number of nitrogens with zero attached hydrogens (tertiary/aromatic N) is 2. The third kappa shape index (κ3) is 6.12. The Labute approximate surface area is 180 Å². The van der Waals surface area contributed by atoms with E-state index in [0.717, 1.165) is 11.1 Å². The van der Waals surface area contributed by atoms with Crippen LogP contribution in [0.3, 0.4) is 0 Å². The molecule has 2 heterocycles. The molecule has 0 spiro atoms. The lowest BCUT2D eigenvalue weighted by molar-refractivity contribution is -0.117. The number of hydrogen-bond acceptors (Lipinski definition) is 6. The molecule has 0 aliphatic carbocycles. The monoisotopic (exact) mass is 436 g/mol. The molecule has 8 nitrogen and oxygen atoms in total. The number of sulfonamides is 1. The summed E-state index contributed by atoms with van der Waals surface area (Å²) in [6.07, 6.45) is 4.55. The van der Waals surface area contributed by atoms with Crippen LogP contribution < -0.4 is 10.0 Å². The van der Waals surface area contributed by atoms with Crippen LogP contribution in [-0.4, -0.2) is 19.3 Å². The first-order valence-corrected chi connectivity index (χ1v) is 10.8. The van der Waals surface area contributed by atoms with Crippen molar-refractivity contribution >= 4 is 22.0 Å². The number of rotatable bonds is 8. The molecule has 1 amide bonds. The smallest absolute Gasteiger partial charge is 0.262 e. The zero-order valence-electron chi connectivity index (χ0n) is 16.7. The first-order chi connectivity index (χ1) is 14.9. The van der Waals surface area contributed by atoms with E-state index in [4.69, 9.17) is 4.42 Å². The molecule has 3 rings (SSSR count). The van der Waals surface area contributed by atoms with Gasteiger partial charge in [0.25, 0.3) is 5.91 Å². The summed E-state index contributed by atoms with van der Waals surface area (Å²) < 4.78 is 32.7. The summed E-state index contributed by atoms with van der Waals surface area (Å²) in [6.45, 7) is 2.03. The highest BCUT2D eigenvalue weighted by atomic mass is 32.2. The van der Waals surface area contributed by atoms with Crippen molar-refractivity contribution in [1.82, 2.24) is 15.0 Å². The number of hydrogen-bond donors (Lipinski definition) is 2. The van der Waals surface area contributed by atoms with E-state index in [1.165, 1.54) is 18.2 Å². The lowest BCUT2D eigenvalue weighted by atomic mass is 10.2. The highest BCUT2D eigenvalue weighted by molar-refractivity contribution is 7.89. The summed E-state index contributed by atoms with van der Waals surface area (Å²) in [4.78, 5) is 16.4. The van der Waals surface area contributed by atoms with Gasteiger partial charge in [0.2, 0.25) is 10.0 Å². The van der Waals surface area contributed by atoms with Crippen molar-refractivity contribution in [3.63, 3.8) is 0 Å². The molecule has 0 fully saturated rings. The zero-order chi connectivity index (χ0) is 22.3. The molecule has 0 unspecified atom stereocenters. The predicted molar refractivity (Wildman–Crippen MR) is 114 cm³/mol. The molecule has 0 aliphatic rings. The number of carbonyl (C=O) groups excluding carboxylic acids is 1. The molecule has 1 aromatic carbocycles. The quantitative estimate of drug-likeness (QED) is 0.413. The molecule has 0 atom stereocenters. The summed E-state index contributed by atoms with van der Waals surface area (Å²) in [5.74, 6) is 0.0528. The summed E-state index contributed by atoms with van der Waals surface area (Å²) >= 11 is 0. The number of amides is 1. The molecule has 31 heavy (non-hydrogen) atoms. The van der Waals surface area contributed by atoms with Crippen molar-refractivity contribution in [1.29, 1.82) is 5.26 Å². The lowest BCUT2D eigenvalue weighted by Crippen LogP contribution is -2.24. The number of benzene rings is 1. The number of pyridine rings is 1. The Kier molecular flexibility index (Phi) is 6.97. The van der Waals surface area contributed by atoms with Crippen LogP contribution in [0.4, 0.5) is 0 Å². The van der Waals surface area contributed by atoms with E-state index in [2.05, 4.69) is 15.0 Å². The van der Waals surface area contributed by atoms with Gasteiger partial charge in [-0.2, -0.15) is 5.26 Å². The van der Waals surface area contributed by atoms with Gasteiger partial charge in [0.05, 0.1) is 11.4 Å². The van der Waals surface area contributed by atoms with Gasteiger partial charge < -0.3 is 9.73 Å². The molecular weight excluding hydrogens is 416 g/mol. The first-order valence-electron chi connectivity index (χ1n) is 9.31. The normalized spacial score (nSPS) is 11.7. The fourth-order valence-electron chi connectivity index (χ4n) is 2.61. The molecule has 2 N–H and O–H groups in total. The molecule has 0 radical (unpaired) electrons. The van der Waals surface area contributed by atoms with Gasteiger partial charge in [0, 0.05) is 25.0 Å². The van der Waals surface area contributed by atoms with Gasteiger partial charge in [-0.15, -0.1) is 0 Å². The summed E-state index contributed by atoms with van der Waals surface area (Å²) in [5, 5.41) is 11.9. The Balaban J connectivity index is 1.62. The Morgan fingerprint density at radius 1 is 1.16 bits per heavy atom. The predicted octanol–water partition coefficient (Wildman–Crippen LogP) is 2.68. The summed E-state index contributed by atoms with van der Waals surface area (Å²) in [7, 11) is -3.69. The number of furan rings is 1. The standard InChI is InChI=1S/C22H20N4O4S/c1-16-4-8-21(9-5-16)31(28,29)26-15-20-7-6-19(30-20)11-18(12-23)22(27)25-14-17-3-2-10-24-13-17/h2-11,13,26H,14-15H2,1H3,(H,25,27)/b18-11-. The largest absolute Gasteiger partial charge is 0.460 e. The highest BCUT2D eigenvalue weighted by Crippen LogP contribution is 2.14. The Morgan fingerprint density at radius 3 is 2.61 bits per heavy atom. The van der Waals surface area contributed by atoms with Crippen LogP contribution in [0.25, 0.3) is 6.08 Å². The van der Waals surface area contributed by atoms with E-state index in [0.29, 0.717) is 5.76 Å². The third-order valence-electron chi connectivity index (χ3n) is 4.28. The van der Waals surface area contributed by atoms with Gasteiger partial charge in [-0.05, 0) is 42.8 Å². The molecule has 0 saturated heterocycles. The van der Waals surface area contributed by atoms with E-state index in [9.17, 15) is 18.5 Å². The number of carbonyl (C=O) groups is 1. The van der Waals surface area contributed by atoms with Crippen LogP contribution in [-0.2, 0) is 27.9 Å². The van der Waals surface area contributed by atoms with Crippen molar-refractivity contribution in [2.24, 2.45) is 0 Å². The minimum atomic E-state index is -3.69. The second-order valence-electron chi connectivity index (χ2n) is 6.66. The molecular formula is C22H20N4O4S. The van der Waals surface area contributed by atoms with Crippen LogP contribution >= 0.6 is 0 Å². The minimum Gasteiger partial charge on any atom is -0.460 e. The second kappa shape index (κ2) is 9.84. The Hall–Kier alpha value is -3.74. The SMILES string of the molecule is Cc1ccc(S(=O)(=O)NCc2ccc(/C=C(/C#N)C(=O)NCc3cccnc3)o2)cc1. The van der Waals surface area contributed by atoms with E-state index >= 15 is 0 Å². The number of aryl methyl sites for hydroxylation is 1. The average molecular weight is 436 g/mol. The van der Waals surface area contributed by atoms with Gasteiger partial charge >= 0.3 is 0 Å². The molecule has 0 saturated carbocycles. The summed E-state index contributed by atoms with van der Waals surface area (Å²) in [6, 6.07) is 15.0. The third-order valence-corrected chi connectivity index (χ3v) is 5.69. The minimum absolute atomic E-state index is 0.0703. The Morgan fingerprint density at radius 2 is 1.94 bits per heavy atom. The number of aromatic nitrogens is 1. The van der Waals surface area contributed by atoms with Gasteiger partial charge in [-0.25, -0.2) is 13.1 Å². The van der Waals surface area contributed by atoms with Crippen LogP contribution in [0, 0.1) is 18.3 Å². The van der Waals surface area contributed by atoms with E-state index in [1.54, 1.807) is 48.8 Å². The van der Waals surface area contributed by atoms with Crippen molar-refractivity contribution in [3.05, 3.63) is 89.1 Å². The highest BCUT2D eigenvalue weighted by Gasteiger charge is 2.15. The molecule has 9 heteroatoms. The fraction of sp³-hybridized carbons (Fsp3) is 0.136. The second-order valence-corrected chi connectivity index (χ2v) is 8.42. The maximum absolute atomic E-state index is 12.4. The molecule has 0 aliphatic heterocycles. The number of nitrogens with one attached hydrogen (secondary N) is 2. The average Bonchev–Trinajstić information content (AvgIpc) is 3.23. The van der Waals surface area contributed by atoms with Crippen LogP contribution in [0.5, 0.6) is 0 Å². The molecule has 3 aromatic rings. The van der Waals surface area contributed by atoms with E-state index < -0.39 is 15.9 Å². The maximum atomic E-state index is 12.4. The van der Waals surface area contributed by atoms with Crippen molar-refractivity contribution in [3.8, 4) is 6.07 Å². The van der Waals surface area contributed by atoms with E-state index in [-0.39, 0.29) is 29.3 Å². The van der Waals surface area contributed by atoms with Crippen molar-refractivity contribution in [2.45, 2.75) is 24.9 Å². The molecule has 158 valence electrons. The van der Waals surface area contributed by atoms with Crippen LogP contribution in [0.15, 0.2) is 75.8 Å². The molecule has 2 aromatic heterocycles. The van der Waals surface area contributed by atoms with Gasteiger partial charge in [0.1, 0.15) is 23.2 Å². The lowest BCUT2D eigenvalue weighted by Gasteiger charge is -2.05. The topological polar surface area (TPSA) is 125 Å². The Bertz CT molecular complexity index is 1220. The van der Waals surface area contributed by atoms with Crippen LogP contribution in [0.1, 0.15) is 22.6 Å². The molecule has 0 bridgehead atoms. The number of nitriles is 1. The summed E-state index contributed by atoms with van der Waals surface area (Å²) in [5.41, 5.74) is 1.62. The van der Waals surface area contributed by atoms with Gasteiger partial charge in [0.15, 0.2) is 0 Å². The van der Waals surface area contributed by atoms with Gasteiger partial charge in [-0.1, -0.05) is 23.8 Å². The van der Waals surface area contributed by atoms with Crippen molar-refractivity contribution < 1.29 is 17.6 Å². The fourth-order valence-corrected chi connectivity index (χ4v) is 3.60. The van der Waals surface area contributed by atoms with E-state index in [1.807, 2.05) is 13.0 Å². The van der Waals surface area contributed by atoms with Crippen LogP contribution in [0.2, 0.25) is 0 Å². The van der Waals surface area contributed by atoms with Crippen molar-refractivity contribution in [2.75, 3.05) is 0 Å². The maximum Gasteiger partial charge on any atom is 0.262 e. The zero-order valence-corrected chi connectivity index (χ0v) is 17.5. The van der Waals surface area contributed by atoms with Gasteiger partial charge in [-0.3, -0.25) is 9.78 Å².